The number of rotatable bonds is 7. The smallest absolute Gasteiger partial charge is 0.308 e. The van der Waals surface area contributed by atoms with Gasteiger partial charge >= 0.3 is 5.97 Å². The van der Waals surface area contributed by atoms with Gasteiger partial charge in [0, 0.05) is 30.5 Å². The molecule has 3 aliphatic rings. The Kier molecular flexibility index (Phi) is 7.58. The number of methoxy groups -OCH3 is 1. The number of aromatic hydroxyl groups is 1. The highest BCUT2D eigenvalue weighted by Gasteiger charge is 2.47. The molecule has 8 nitrogen and oxygen atoms in total. The number of likely N-dealkylation sites (tertiary alicyclic amines) is 1. The Balaban J connectivity index is 1.09. The van der Waals surface area contributed by atoms with Crippen molar-refractivity contribution in [1.82, 2.24) is 10.2 Å². The van der Waals surface area contributed by atoms with Gasteiger partial charge in [-0.15, -0.1) is 0 Å². The molecule has 0 radical (unpaired) electrons. The molecule has 2 aromatic rings. The van der Waals surface area contributed by atoms with Gasteiger partial charge in [-0.05, 0) is 68.7 Å². The predicted octanol–water partition coefficient (Wildman–Crippen LogP) is 4.06. The normalized spacial score (nSPS) is 22.5. The molecule has 2 aliphatic carbocycles. The molecule has 2 aromatic carbocycles. The fraction of sp³-hybridized carbons (Fsp3) is 0.500. The summed E-state index contributed by atoms with van der Waals surface area (Å²) in [6.45, 7) is 1.70. The van der Waals surface area contributed by atoms with E-state index >= 15 is 0 Å². The number of hydrogen-bond donors (Lipinski definition) is 2. The second kappa shape index (κ2) is 11.1. The van der Waals surface area contributed by atoms with Gasteiger partial charge in [-0.2, -0.15) is 0 Å². The van der Waals surface area contributed by atoms with Gasteiger partial charge in [0.25, 0.3) is 5.91 Å². The Morgan fingerprint density at radius 3 is 2.42 bits per heavy atom. The van der Waals surface area contributed by atoms with E-state index in [1.165, 1.54) is 13.2 Å². The van der Waals surface area contributed by atoms with Crippen molar-refractivity contribution in [3.05, 3.63) is 59.7 Å². The van der Waals surface area contributed by atoms with E-state index in [-0.39, 0.29) is 52.4 Å². The molecule has 2 atom stereocenters. The lowest BCUT2D eigenvalue weighted by atomic mass is 9.67. The molecule has 0 aromatic heterocycles. The topological polar surface area (TPSA) is 105 Å². The monoisotopic (exact) mass is 520 g/mol. The van der Waals surface area contributed by atoms with Crippen LogP contribution in [0.1, 0.15) is 60.9 Å². The number of phenols is 1. The van der Waals surface area contributed by atoms with E-state index < -0.39 is 0 Å². The quantitative estimate of drug-likeness (QED) is 0.534. The summed E-state index contributed by atoms with van der Waals surface area (Å²) in [6, 6.07) is 14.7. The van der Waals surface area contributed by atoms with Crippen LogP contribution in [0.4, 0.5) is 0 Å². The van der Waals surface area contributed by atoms with Crippen molar-refractivity contribution < 1.29 is 29.0 Å². The van der Waals surface area contributed by atoms with Crippen LogP contribution in [0.5, 0.6) is 11.5 Å². The molecule has 202 valence electrons. The second-order valence-electron chi connectivity index (χ2n) is 11.1. The van der Waals surface area contributed by atoms with Crippen molar-refractivity contribution in [2.45, 2.75) is 57.6 Å². The van der Waals surface area contributed by atoms with Crippen LogP contribution in [0.2, 0.25) is 0 Å². The molecule has 1 aliphatic heterocycles. The average Bonchev–Trinajstić information content (AvgIpc) is 3.42. The van der Waals surface area contributed by atoms with Crippen molar-refractivity contribution in [2.24, 2.45) is 17.3 Å². The van der Waals surface area contributed by atoms with Gasteiger partial charge in [-0.3, -0.25) is 14.4 Å². The fourth-order valence-corrected chi connectivity index (χ4v) is 6.20. The highest BCUT2D eigenvalue weighted by atomic mass is 16.5. The summed E-state index contributed by atoms with van der Waals surface area (Å²) < 4.78 is 10.7. The van der Waals surface area contributed by atoms with E-state index in [1.807, 2.05) is 30.3 Å². The Bertz CT molecular complexity index is 1170. The molecule has 1 saturated heterocycles. The maximum Gasteiger partial charge on any atom is 0.308 e. The van der Waals surface area contributed by atoms with Crippen molar-refractivity contribution >= 4 is 17.8 Å². The molecular weight excluding hydrogens is 484 g/mol. The Morgan fingerprint density at radius 1 is 1.00 bits per heavy atom. The lowest BCUT2D eigenvalue weighted by Crippen LogP contribution is -2.60. The summed E-state index contributed by atoms with van der Waals surface area (Å²) in [7, 11) is 1.39. The SMILES string of the molecule is COC(=O)C1CCC(C(=O)NC2CCC3(CC2)CN(C(=O)c2cc(OCc4ccccc4)ccc2O)C3)C1. The Morgan fingerprint density at radius 2 is 1.71 bits per heavy atom. The first kappa shape index (κ1) is 26.1. The number of nitrogens with zero attached hydrogens (tertiary/aromatic N) is 1. The minimum absolute atomic E-state index is 0.0456. The van der Waals surface area contributed by atoms with E-state index in [4.69, 9.17) is 9.47 Å². The fourth-order valence-electron chi connectivity index (χ4n) is 6.20. The van der Waals surface area contributed by atoms with Crippen LogP contribution < -0.4 is 10.1 Å². The molecule has 1 spiro atoms. The first-order valence-electron chi connectivity index (χ1n) is 13.5. The predicted molar refractivity (Wildman–Crippen MR) is 140 cm³/mol. The first-order valence-corrected chi connectivity index (χ1v) is 13.5. The van der Waals surface area contributed by atoms with Gasteiger partial charge in [0.2, 0.25) is 5.91 Å². The van der Waals surface area contributed by atoms with E-state index in [0.717, 1.165) is 37.7 Å². The molecule has 2 N–H and O–H groups in total. The number of phenolic OH excluding ortho intramolecular Hbond substituents is 1. The lowest BCUT2D eigenvalue weighted by molar-refractivity contribution is -0.145. The van der Waals surface area contributed by atoms with Gasteiger partial charge in [0.05, 0.1) is 18.6 Å². The molecule has 38 heavy (non-hydrogen) atoms. The van der Waals surface area contributed by atoms with Crippen molar-refractivity contribution in [3.8, 4) is 11.5 Å². The van der Waals surface area contributed by atoms with Crippen LogP contribution in [0.15, 0.2) is 48.5 Å². The maximum absolute atomic E-state index is 13.2. The molecule has 2 unspecified atom stereocenters. The standard InChI is InChI=1S/C30H36N2O6/c1-37-29(36)22-8-7-21(15-22)27(34)31-23-11-13-30(14-12-23)18-32(19-30)28(35)25-16-24(9-10-26(25)33)38-17-20-5-3-2-4-6-20/h2-6,9-10,16,21-23,33H,7-8,11-15,17-19H2,1H3,(H,31,34). The highest BCUT2D eigenvalue weighted by molar-refractivity contribution is 5.97. The third-order valence-electron chi connectivity index (χ3n) is 8.52. The van der Waals surface area contributed by atoms with Crippen LogP contribution >= 0.6 is 0 Å². The number of carbonyl (C=O) groups excluding carboxylic acids is 3. The molecular formula is C30H36N2O6. The molecule has 2 amide bonds. The number of ether oxygens (including phenoxy) is 2. The molecule has 5 rings (SSSR count). The summed E-state index contributed by atoms with van der Waals surface area (Å²) in [6.07, 6.45) is 5.67. The number of esters is 1. The van der Waals surface area contributed by atoms with Gasteiger partial charge in [0.1, 0.15) is 18.1 Å². The number of hydrogen-bond acceptors (Lipinski definition) is 6. The van der Waals surface area contributed by atoms with E-state index in [0.29, 0.717) is 38.3 Å². The van der Waals surface area contributed by atoms with E-state index in [1.54, 1.807) is 17.0 Å². The Hall–Kier alpha value is -3.55. The van der Waals surface area contributed by atoms with Gasteiger partial charge < -0.3 is 24.8 Å². The number of nitrogens with one attached hydrogen (secondary N) is 1. The summed E-state index contributed by atoms with van der Waals surface area (Å²) in [5, 5.41) is 13.6. The lowest BCUT2D eigenvalue weighted by Gasteiger charge is -2.53. The number of carbonyl (C=O) groups is 3. The van der Waals surface area contributed by atoms with E-state index in [2.05, 4.69) is 5.32 Å². The van der Waals surface area contributed by atoms with Crippen LogP contribution in [-0.4, -0.2) is 54.0 Å². The van der Waals surface area contributed by atoms with Gasteiger partial charge in [0.15, 0.2) is 0 Å². The maximum atomic E-state index is 13.2. The zero-order valence-corrected chi connectivity index (χ0v) is 21.9. The van der Waals surface area contributed by atoms with Crippen molar-refractivity contribution in [3.63, 3.8) is 0 Å². The highest BCUT2D eigenvalue weighted by Crippen LogP contribution is 2.45. The minimum atomic E-state index is -0.219. The zero-order valence-electron chi connectivity index (χ0n) is 21.9. The van der Waals surface area contributed by atoms with Crippen molar-refractivity contribution in [1.29, 1.82) is 0 Å². The number of benzene rings is 2. The molecule has 1 heterocycles. The molecule has 3 fully saturated rings. The van der Waals surface area contributed by atoms with Gasteiger partial charge in [-0.25, -0.2) is 0 Å². The van der Waals surface area contributed by atoms with Gasteiger partial charge in [-0.1, -0.05) is 30.3 Å². The van der Waals surface area contributed by atoms with Crippen LogP contribution in [-0.2, 0) is 20.9 Å². The molecule has 2 saturated carbocycles. The summed E-state index contributed by atoms with van der Waals surface area (Å²) in [5.74, 6) is -0.143. The Labute approximate surface area is 223 Å². The van der Waals surface area contributed by atoms with Crippen molar-refractivity contribution in [2.75, 3.05) is 20.2 Å². The average molecular weight is 521 g/mol. The third-order valence-corrected chi connectivity index (χ3v) is 8.52. The number of amides is 2. The third kappa shape index (κ3) is 5.64. The molecule has 0 bridgehead atoms. The van der Waals surface area contributed by atoms with E-state index in [9.17, 15) is 19.5 Å². The van der Waals surface area contributed by atoms with Crippen LogP contribution in [0.3, 0.4) is 0 Å². The summed E-state index contributed by atoms with van der Waals surface area (Å²) in [4.78, 5) is 39.5. The van der Waals surface area contributed by atoms with Crippen LogP contribution in [0.25, 0.3) is 0 Å². The summed E-state index contributed by atoms with van der Waals surface area (Å²) >= 11 is 0. The van der Waals surface area contributed by atoms with Crippen LogP contribution in [0, 0.1) is 17.3 Å². The largest absolute Gasteiger partial charge is 0.507 e. The zero-order chi connectivity index (χ0) is 26.7. The summed E-state index contributed by atoms with van der Waals surface area (Å²) in [5.41, 5.74) is 1.36. The first-order chi connectivity index (χ1) is 18.4. The molecule has 8 heteroatoms. The minimum Gasteiger partial charge on any atom is -0.507 e. The second-order valence-corrected chi connectivity index (χ2v) is 11.1.